The van der Waals surface area contributed by atoms with E-state index in [2.05, 4.69) is 16.0 Å². The highest BCUT2D eigenvalue weighted by Gasteiger charge is 2.15. The minimum atomic E-state index is -0.189. The molecule has 0 spiro atoms. The van der Waals surface area contributed by atoms with Crippen LogP contribution >= 0.6 is 11.6 Å². The van der Waals surface area contributed by atoms with Gasteiger partial charge in [0, 0.05) is 24.0 Å². The summed E-state index contributed by atoms with van der Waals surface area (Å²) in [6.07, 6.45) is 5.93. The summed E-state index contributed by atoms with van der Waals surface area (Å²) < 4.78 is 5.49. The highest BCUT2D eigenvalue weighted by atomic mass is 35.5. The molecule has 2 rings (SSSR count). The van der Waals surface area contributed by atoms with Crippen LogP contribution in [-0.4, -0.2) is 37.7 Å². The Balaban J connectivity index is 1.49. The molecule has 1 fully saturated rings. The monoisotopic (exact) mass is 367 g/mol. The number of urea groups is 1. The van der Waals surface area contributed by atoms with E-state index in [-0.39, 0.29) is 24.4 Å². The zero-order valence-electron chi connectivity index (χ0n) is 14.4. The molecule has 0 atom stereocenters. The van der Waals surface area contributed by atoms with E-state index in [9.17, 15) is 9.59 Å². The number of hydrogen-bond donors (Lipinski definition) is 3. The maximum atomic E-state index is 11.8. The minimum absolute atomic E-state index is 0.113. The molecule has 1 saturated carbocycles. The maximum Gasteiger partial charge on any atom is 0.315 e. The molecule has 0 aliphatic heterocycles. The molecule has 138 valence electrons. The summed E-state index contributed by atoms with van der Waals surface area (Å²) in [4.78, 5) is 23.5. The van der Waals surface area contributed by atoms with Crippen molar-refractivity contribution in [1.82, 2.24) is 16.0 Å². The van der Waals surface area contributed by atoms with Gasteiger partial charge in [-0.2, -0.15) is 0 Å². The number of benzene rings is 1. The summed E-state index contributed by atoms with van der Waals surface area (Å²) in [7, 11) is 0. The summed E-state index contributed by atoms with van der Waals surface area (Å²) in [6, 6.07) is 7.13. The SMILES string of the molecule is O=C(CCNC(=O)NC1CCCCC1)NCCOc1ccc(Cl)cc1. The van der Waals surface area contributed by atoms with Crippen molar-refractivity contribution in [2.45, 2.75) is 44.6 Å². The average molecular weight is 368 g/mol. The first-order valence-corrected chi connectivity index (χ1v) is 9.21. The van der Waals surface area contributed by atoms with Gasteiger partial charge in [-0.1, -0.05) is 30.9 Å². The van der Waals surface area contributed by atoms with Crippen LogP contribution in [0.25, 0.3) is 0 Å². The first kappa shape index (κ1) is 19.4. The fourth-order valence-corrected chi connectivity index (χ4v) is 2.88. The summed E-state index contributed by atoms with van der Waals surface area (Å²) in [5.41, 5.74) is 0. The van der Waals surface area contributed by atoms with Crippen molar-refractivity contribution < 1.29 is 14.3 Å². The first-order chi connectivity index (χ1) is 12.1. The van der Waals surface area contributed by atoms with Crippen LogP contribution in [0, 0.1) is 0 Å². The minimum Gasteiger partial charge on any atom is -0.492 e. The van der Waals surface area contributed by atoms with Crippen molar-refractivity contribution in [2.75, 3.05) is 19.7 Å². The van der Waals surface area contributed by atoms with Gasteiger partial charge in [0.15, 0.2) is 0 Å². The van der Waals surface area contributed by atoms with Gasteiger partial charge in [-0.3, -0.25) is 4.79 Å². The molecule has 7 heteroatoms. The van der Waals surface area contributed by atoms with Crippen molar-refractivity contribution in [3.8, 4) is 5.75 Å². The van der Waals surface area contributed by atoms with Gasteiger partial charge in [0.05, 0.1) is 6.54 Å². The second-order valence-corrected chi connectivity index (χ2v) is 6.57. The van der Waals surface area contributed by atoms with Gasteiger partial charge in [0.1, 0.15) is 12.4 Å². The second-order valence-electron chi connectivity index (χ2n) is 6.14. The lowest BCUT2D eigenvalue weighted by Gasteiger charge is -2.22. The smallest absolute Gasteiger partial charge is 0.315 e. The molecule has 0 heterocycles. The summed E-state index contributed by atoms with van der Waals surface area (Å²) in [6.45, 7) is 1.11. The molecule has 1 aliphatic rings. The van der Waals surface area contributed by atoms with Crippen molar-refractivity contribution in [3.05, 3.63) is 29.3 Å². The van der Waals surface area contributed by atoms with Crippen molar-refractivity contribution in [2.24, 2.45) is 0 Å². The number of nitrogens with one attached hydrogen (secondary N) is 3. The van der Waals surface area contributed by atoms with Crippen molar-refractivity contribution >= 4 is 23.5 Å². The predicted octanol–water partition coefficient (Wildman–Crippen LogP) is 2.86. The molecule has 3 amide bonds. The van der Waals surface area contributed by atoms with E-state index in [1.54, 1.807) is 24.3 Å². The van der Waals surface area contributed by atoms with Gasteiger partial charge in [-0.15, -0.1) is 0 Å². The lowest BCUT2D eigenvalue weighted by Crippen LogP contribution is -2.44. The zero-order chi connectivity index (χ0) is 17.9. The molecule has 1 aromatic rings. The van der Waals surface area contributed by atoms with Crippen LogP contribution in [0.15, 0.2) is 24.3 Å². The van der Waals surface area contributed by atoms with Crippen molar-refractivity contribution in [3.63, 3.8) is 0 Å². The number of halogens is 1. The highest BCUT2D eigenvalue weighted by molar-refractivity contribution is 6.30. The standard InChI is InChI=1S/C18H26ClN3O3/c19-14-6-8-16(9-7-14)25-13-12-20-17(23)10-11-21-18(24)22-15-4-2-1-3-5-15/h6-9,15H,1-5,10-13H2,(H,20,23)(H2,21,22,24). The third kappa shape index (κ3) is 8.12. The molecule has 0 unspecified atom stereocenters. The molecule has 1 aliphatic carbocycles. The predicted molar refractivity (Wildman–Crippen MR) is 98.0 cm³/mol. The van der Waals surface area contributed by atoms with Gasteiger partial charge in [0.2, 0.25) is 5.91 Å². The number of rotatable bonds is 8. The van der Waals surface area contributed by atoms with Crippen LogP contribution in [0.3, 0.4) is 0 Å². The Morgan fingerprint density at radius 3 is 2.48 bits per heavy atom. The normalized spacial score (nSPS) is 14.6. The van der Waals surface area contributed by atoms with E-state index < -0.39 is 0 Å². The molecular formula is C18H26ClN3O3. The second kappa shape index (κ2) is 10.8. The molecule has 0 saturated heterocycles. The van der Waals surface area contributed by atoms with Crippen molar-refractivity contribution in [1.29, 1.82) is 0 Å². The maximum absolute atomic E-state index is 11.8. The lowest BCUT2D eigenvalue weighted by molar-refractivity contribution is -0.121. The Labute approximate surface area is 153 Å². The van der Waals surface area contributed by atoms with E-state index in [1.165, 1.54) is 19.3 Å². The average Bonchev–Trinajstić information content (AvgIpc) is 2.61. The van der Waals surface area contributed by atoms with E-state index in [4.69, 9.17) is 16.3 Å². The number of amides is 3. The van der Waals surface area contributed by atoms with E-state index in [0.717, 1.165) is 12.8 Å². The Bertz CT molecular complexity index is 545. The molecular weight excluding hydrogens is 342 g/mol. The molecule has 3 N–H and O–H groups in total. The molecule has 25 heavy (non-hydrogen) atoms. The highest BCUT2D eigenvalue weighted by Crippen LogP contribution is 2.17. The number of ether oxygens (including phenoxy) is 1. The van der Waals surface area contributed by atoms with Gasteiger partial charge in [0.25, 0.3) is 0 Å². The first-order valence-electron chi connectivity index (χ1n) is 8.83. The number of carbonyl (C=O) groups is 2. The fourth-order valence-electron chi connectivity index (χ4n) is 2.75. The van der Waals surface area contributed by atoms with Crippen LogP contribution in [0.4, 0.5) is 4.79 Å². The van der Waals surface area contributed by atoms with Gasteiger partial charge >= 0.3 is 6.03 Å². The molecule has 0 bridgehead atoms. The van der Waals surface area contributed by atoms with Crippen LogP contribution < -0.4 is 20.7 Å². The topological polar surface area (TPSA) is 79.5 Å². The summed E-state index contributed by atoms with van der Waals surface area (Å²) in [5.74, 6) is 0.595. The number of carbonyl (C=O) groups excluding carboxylic acids is 2. The van der Waals surface area contributed by atoms with Crippen LogP contribution in [-0.2, 0) is 4.79 Å². The van der Waals surface area contributed by atoms with Crippen LogP contribution in [0.1, 0.15) is 38.5 Å². The molecule has 1 aromatic carbocycles. The molecule has 6 nitrogen and oxygen atoms in total. The molecule has 0 radical (unpaired) electrons. The lowest BCUT2D eigenvalue weighted by atomic mass is 9.96. The van der Waals surface area contributed by atoms with E-state index in [1.807, 2.05) is 0 Å². The third-order valence-electron chi connectivity index (χ3n) is 4.08. The Hall–Kier alpha value is -1.95. The quantitative estimate of drug-likeness (QED) is 0.618. The number of hydrogen-bond acceptors (Lipinski definition) is 3. The molecule has 0 aromatic heterocycles. The largest absolute Gasteiger partial charge is 0.492 e. The fraction of sp³-hybridized carbons (Fsp3) is 0.556. The zero-order valence-corrected chi connectivity index (χ0v) is 15.1. The Kier molecular flexibility index (Phi) is 8.39. The Morgan fingerprint density at radius 2 is 1.76 bits per heavy atom. The summed E-state index contributed by atoms with van der Waals surface area (Å²) >= 11 is 5.79. The van der Waals surface area contributed by atoms with Crippen LogP contribution in [0.5, 0.6) is 5.75 Å². The van der Waals surface area contributed by atoms with Gasteiger partial charge < -0.3 is 20.7 Å². The van der Waals surface area contributed by atoms with Gasteiger partial charge in [-0.05, 0) is 37.1 Å². The third-order valence-corrected chi connectivity index (χ3v) is 4.34. The Morgan fingerprint density at radius 1 is 1.04 bits per heavy atom. The van der Waals surface area contributed by atoms with E-state index >= 15 is 0 Å². The summed E-state index contributed by atoms with van der Waals surface area (Å²) in [5, 5.41) is 9.09. The van der Waals surface area contributed by atoms with Crippen LogP contribution in [0.2, 0.25) is 5.02 Å². The van der Waals surface area contributed by atoms with Gasteiger partial charge in [-0.25, -0.2) is 4.79 Å². The van der Waals surface area contributed by atoms with E-state index in [0.29, 0.717) is 30.5 Å².